The van der Waals surface area contributed by atoms with Crippen LogP contribution in [0, 0.1) is 11.8 Å². The Morgan fingerprint density at radius 3 is 0.944 bits per heavy atom. The highest BCUT2D eigenvalue weighted by molar-refractivity contribution is 4.72. The van der Waals surface area contributed by atoms with Crippen molar-refractivity contribution < 1.29 is 0 Å². The first kappa shape index (κ1) is 26.5. The fraction of sp³-hybridized carbons (Fsp3) is 1.00. The van der Waals surface area contributed by atoms with E-state index >= 15 is 0 Å². The van der Waals surface area contributed by atoms with Gasteiger partial charge < -0.3 is 0 Å². The predicted molar refractivity (Wildman–Crippen MR) is 91.4 cm³/mol. The van der Waals surface area contributed by atoms with E-state index in [0.717, 1.165) is 11.8 Å². The summed E-state index contributed by atoms with van der Waals surface area (Å²) in [5.74, 6) is 2.14. The summed E-state index contributed by atoms with van der Waals surface area (Å²) in [4.78, 5) is 0. The van der Waals surface area contributed by atoms with Crippen molar-refractivity contribution in [2.45, 2.75) is 108 Å². The van der Waals surface area contributed by atoms with Crippen LogP contribution in [0.25, 0.3) is 0 Å². The molecule has 1 saturated carbocycles. The van der Waals surface area contributed by atoms with Gasteiger partial charge in [0.2, 0.25) is 0 Å². The van der Waals surface area contributed by atoms with Gasteiger partial charge in [0, 0.05) is 0 Å². The van der Waals surface area contributed by atoms with Gasteiger partial charge in [0.15, 0.2) is 0 Å². The van der Waals surface area contributed by atoms with E-state index in [1.807, 2.05) is 55.4 Å². The van der Waals surface area contributed by atoms with E-state index < -0.39 is 0 Å². The fourth-order valence-electron chi connectivity index (χ4n) is 2.36. The molecule has 2 unspecified atom stereocenters. The summed E-state index contributed by atoms with van der Waals surface area (Å²) in [6, 6.07) is 0. The van der Waals surface area contributed by atoms with E-state index in [4.69, 9.17) is 0 Å². The largest absolute Gasteiger partial charge is 0.0683 e. The molecule has 0 aromatic heterocycles. The van der Waals surface area contributed by atoms with Crippen LogP contribution in [0.4, 0.5) is 0 Å². The molecule has 1 fully saturated rings. The molecule has 0 bridgehead atoms. The van der Waals surface area contributed by atoms with E-state index in [9.17, 15) is 0 Å². The Balaban J connectivity index is -0.000000105. The average Bonchev–Trinajstić information content (AvgIpc) is 2.55. The van der Waals surface area contributed by atoms with Crippen LogP contribution >= 0.6 is 0 Å². The molecule has 0 aromatic rings. The summed E-state index contributed by atoms with van der Waals surface area (Å²) in [5.41, 5.74) is 0. The van der Waals surface area contributed by atoms with Gasteiger partial charge in [0.1, 0.15) is 0 Å². The molecule has 18 heavy (non-hydrogen) atoms. The van der Waals surface area contributed by atoms with Crippen molar-refractivity contribution in [3.63, 3.8) is 0 Å². The van der Waals surface area contributed by atoms with E-state index in [-0.39, 0.29) is 0 Å². The first-order valence-electron chi connectivity index (χ1n) is 8.88. The lowest BCUT2D eigenvalue weighted by atomic mass is 9.77. The highest BCUT2D eigenvalue weighted by Gasteiger charge is 2.21. The second-order valence-electron chi connectivity index (χ2n) is 3.62. The van der Waals surface area contributed by atoms with Crippen molar-refractivity contribution in [1.82, 2.24) is 0 Å². The van der Waals surface area contributed by atoms with Crippen molar-refractivity contribution in [3.05, 3.63) is 0 Å². The lowest BCUT2D eigenvalue weighted by Gasteiger charge is -2.29. The molecule has 0 heterocycles. The predicted octanol–water partition coefficient (Wildman–Crippen LogP) is 7.72. The molecule has 116 valence electrons. The van der Waals surface area contributed by atoms with Crippen LogP contribution in [0.3, 0.4) is 0 Å². The minimum atomic E-state index is 1.07. The Labute approximate surface area is 120 Å². The molecule has 0 aromatic carbocycles. The number of rotatable bonds is 2. The Hall–Kier alpha value is 0. The van der Waals surface area contributed by atoms with Gasteiger partial charge in [-0.2, -0.15) is 0 Å². The quantitative estimate of drug-likeness (QED) is 0.477. The third-order valence-electron chi connectivity index (χ3n) is 3.12. The molecule has 1 aliphatic rings. The topological polar surface area (TPSA) is 0 Å². The van der Waals surface area contributed by atoms with Gasteiger partial charge in [0.25, 0.3) is 0 Å². The van der Waals surface area contributed by atoms with Gasteiger partial charge in [-0.15, -0.1) is 0 Å². The van der Waals surface area contributed by atoms with Gasteiger partial charge in [-0.3, -0.25) is 0 Å². The van der Waals surface area contributed by atoms with Crippen molar-refractivity contribution in [3.8, 4) is 0 Å². The zero-order valence-corrected chi connectivity index (χ0v) is 15.4. The Kier molecular flexibility index (Phi) is 44.6. The maximum atomic E-state index is 2.35. The van der Waals surface area contributed by atoms with Crippen molar-refractivity contribution in [2.24, 2.45) is 11.8 Å². The second kappa shape index (κ2) is 30.2. The van der Waals surface area contributed by atoms with Crippen LogP contribution in [-0.4, -0.2) is 0 Å². The summed E-state index contributed by atoms with van der Waals surface area (Å²) in [6.07, 6.45) is 8.84. The SMILES string of the molecule is CC.CC.CC.CC.CCC1CCCCC1CC. The average molecular weight is 261 g/mol. The monoisotopic (exact) mass is 260 g/mol. The van der Waals surface area contributed by atoms with Crippen LogP contribution in [-0.2, 0) is 0 Å². The highest BCUT2D eigenvalue weighted by Crippen LogP contribution is 2.33. The Morgan fingerprint density at radius 2 is 0.778 bits per heavy atom. The van der Waals surface area contributed by atoms with Crippen LogP contribution in [0.15, 0.2) is 0 Å². The lowest BCUT2D eigenvalue weighted by Crippen LogP contribution is -2.17. The molecule has 0 aliphatic heterocycles. The number of hydrogen-bond acceptors (Lipinski definition) is 0. The first-order valence-corrected chi connectivity index (χ1v) is 8.88. The number of hydrogen-bond donors (Lipinski definition) is 0. The third kappa shape index (κ3) is 16.0. The summed E-state index contributed by atoms with van der Waals surface area (Å²) in [7, 11) is 0. The van der Waals surface area contributed by atoms with Gasteiger partial charge in [-0.25, -0.2) is 0 Å². The van der Waals surface area contributed by atoms with Crippen molar-refractivity contribution in [2.75, 3.05) is 0 Å². The van der Waals surface area contributed by atoms with Crippen LogP contribution in [0.5, 0.6) is 0 Å². The smallest absolute Gasteiger partial charge is 0.0389 e. The zero-order chi connectivity index (χ0) is 15.4. The van der Waals surface area contributed by atoms with Crippen molar-refractivity contribution >= 4 is 0 Å². The molecule has 1 rings (SSSR count). The maximum Gasteiger partial charge on any atom is -0.0389 e. The first-order chi connectivity index (χ1) is 8.88. The molecular formula is C18H44. The Bertz CT molecular complexity index is 74.0. The minimum absolute atomic E-state index is 1.07. The lowest BCUT2D eigenvalue weighted by molar-refractivity contribution is 0.224. The van der Waals surface area contributed by atoms with Gasteiger partial charge >= 0.3 is 0 Å². The fourth-order valence-corrected chi connectivity index (χ4v) is 2.36. The molecule has 0 saturated heterocycles. The summed E-state index contributed by atoms with van der Waals surface area (Å²) >= 11 is 0. The molecule has 0 nitrogen and oxygen atoms in total. The molecule has 2 atom stereocenters. The van der Waals surface area contributed by atoms with Crippen molar-refractivity contribution in [1.29, 1.82) is 0 Å². The van der Waals surface area contributed by atoms with E-state index in [2.05, 4.69) is 13.8 Å². The summed E-state index contributed by atoms with van der Waals surface area (Å²) in [6.45, 7) is 20.7. The normalized spacial score (nSPS) is 20.3. The van der Waals surface area contributed by atoms with Crippen LogP contribution in [0.1, 0.15) is 108 Å². The zero-order valence-electron chi connectivity index (χ0n) is 15.4. The highest BCUT2D eigenvalue weighted by atomic mass is 14.3. The van der Waals surface area contributed by atoms with Gasteiger partial charge in [-0.1, -0.05) is 108 Å². The molecular weight excluding hydrogens is 216 g/mol. The molecule has 0 N–H and O–H groups in total. The molecule has 1 aliphatic carbocycles. The van der Waals surface area contributed by atoms with Crippen LogP contribution in [0.2, 0.25) is 0 Å². The van der Waals surface area contributed by atoms with Gasteiger partial charge in [0.05, 0.1) is 0 Å². The van der Waals surface area contributed by atoms with E-state index in [1.165, 1.54) is 38.5 Å². The maximum absolute atomic E-state index is 2.35. The molecule has 0 spiro atoms. The summed E-state index contributed by atoms with van der Waals surface area (Å²) < 4.78 is 0. The van der Waals surface area contributed by atoms with Crippen LogP contribution < -0.4 is 0 Å². The second-order valence-corrected chi connectivity index (χ2v) is 3.62. The van der Waals surface area contributed by atoms with E-state index in [0.29, 0.717) is 0 Å². The van der Waals surface area contributed by atoms with Gasteiger partial charge in [-0.05, 0) is 11.8 Å². The molecule has 0 amide bonds. The standard InChI is InChI=1S/C10H20.4C2H6/c1-3-9-7-5-6-8-10(9)4-2;4*1-2/h9-10H,3-8H2,1-2H3;4*1-2H3. The third-order valence-corrected chi connectivity index (χ3v) is 3.12. The minimum Gasteiger partial charge on any atom is -0.0683 e. The van der Waals surface area contributed by atoms with E-state index in [1.54, 1.807) is 0 Å². The molecule has 0 heteroatoms. The molecule has 0 radical (unpaired) electrons. The summed E-state index contributed by atoms with van der Waals surface area (Å²) in [5, 5.41) is 0. The Morgan fingerprint density at radius 1 is 0.556 bits per heavy atom.